The molecular formula is C10H24OPS2+. The summed E-state index contributed by atoms with van der Waals surface area (Å²) in [5.41, 5.74) is 0. The van der Waals surface area contributed by atoms with Crippen molar-refractivity contribution in [2.75, 3.05) is 11.5 Å². The Morgan fingerprint density at radius 1 is 1.07 bits per heavy atom. The van der Waals surface area contributed by atoms with Gasteiger partial charge in [-0.25, -0.2) is 0 Å². The van der Waals surface area contributed by atoms with Crippen molar-refractivity contribution in [2.45, 2.75) is 40.5 Å². The lowest BCUT2D eigenvalue weighted by molar-refractivity contribution is 0.621. The molecule has 0 radical (unpaired) electrons. The number of thiol groups is 1. The zero-order chi connectivity index (χ0) is 11.1. The minimum absolute atomic E-state index is 0.167. The topological polar surface area (TPSA) is 20.2 Å². The Hall–Kier alpha value is 0.960. The minimum atomic E-state index is -1.00. The third-order valence-electron chi connectivity index (χ3n) is 2.09. The van der Waals surface area contributed by atoms with E-state index in [1.807, 2.05) is 0 Å². The molecule has 0 saturated carbocycles. The summed E-state index contributed by atoms with van der Waals surface area (Å²) in [6.45, 7) is 8.95. The van der Waals surface area contributed by atoms with Gasteiger partial charge in [-0.05, 0) is 24.7 Å². The highest BCUT2D eigenvalue weighted by Gasteiger charge is 2.12. The standard InChI is InChI=1S/C10H24OPS2/c1-9(2)5-7-14(12(11)13)8-6-10(3)4/h9-11,13H,5-8H2,1-4H3/q+1. The van der Waals surface area contributed by atoms with Crippen LogP contribution in [0, 0.1) is 11.8 Å². The summed E-state index contributed by atoms with van der Waals surface area (Å²) >= 11 is 4.23. The minimum Gasteiger partial charge on any atom is -0.178 e. The molecule has 0 aliphatic heterocycles. The second-order valence-corrected chi connectivity index (χ2v) is 11.3. The molecule has 0 aliphatic carbocycles. The maximum absolute atomic E-state index is 9.58. The van der Waals surface area contributed by atoms with E-state index in [1.54, 1.807) is 0 Å². The lowest BCUT2D eigenvalue weighted by atomic mass is 10.2. The van der Waals surface area contributed by atoms with Crippen LogP contribution in [0.2, 0.25) is 0 Å². The van der Waals surface area contributed by atoms with Crippen LogP contribution in [0.5, 0.6) is 0 Å². The zero-order valence-corrected chi connectivity index (χ0v) is 12.3. The van der Waals surface area contributed by atoms with Crippen molar-refractivity contribution in [1.29, 1.82) is 0 Å². The van der Waals surface area contributed by atoms with Gasteiger partial charge in [-0.1, -0.05) is 27.7 Å². The van der Waals surface area contributed by atoms with Gasteiger partial charge in [0, 0.05) is 21.6 Å². The van der Waals surface area contributed by atoms with Crippen LogP contribution >= 0.6 is 18.4 Å². The molecule has 0 amide bonds. The molecule has 0 rings (SSSR count). The Morgan fingerprint density at radius 3 is 1.64 bits per heavy atom. The van der Waals surface area contributed by atoms with Crippen molar-refractivity contribution in [2.24, 2.45) is 11.8 Å². The molecule has 0 bridgehead atoms. The van der Waals surface area contributed by atoms with Gasteiger partial charge < -0.3 is 0 Å². The predicted molar refractivity (Wildman–Crippen MR) is 74.1 cm³/mol. The molecule has 1 nitrogen and oxygen atoms in total. The van der Waals surface area contributed by atoms with Crippen LogP contribution in [0.25, 0.3) is 0 Å². The zero-order valence-electron chi connectivity index (χ0n) is 9.73. The second-order valence-electron chi connectivity index (χ2n) is 4.49. The SMILES string of the molecule is CC(C)CCS(CCC(C)C)=[P+](O)S. The summed E-state index contributed by atoms with van der Waals surface area (Å²) in [5.74, 6) is 3.81. The van der Waals surface area contributed by atoms with Crippen LogP contribution in [0.1, 0.15) is 40.5 Å². The molecule has 0 aromatic heterocycles. The van der Waals surface area contributed by atoms with Crippen LogP contribution < -0.4 is 0 Å². The van der Waals surface area contributed by atoms with E-state index in [0.717, 1.165) is 23.3 Å². The van der Waals surface area contributed by atoms with E-state index in [2.05, 4.69) is 39.9 Å². The fourth-order valence-electron chi connectivity index (χ4n) is 1.01. The van der Waals surface area contributed by atoms with Gasteiger partial charge in [0.25, 0.3) is 0 Å². The van der Waals surface area contributed by atoms with E-state index in [0.29, 0.717) is 0 Å². The summed E-state index contributed by atoms with van der Waals surface area (Å²) in [6, 6.07) is 0. The largest absolute Gasteiger partial charge is 0.353 e. The summed E-state index contributed by atoms with van der Waals surface area (Å²) in [5, 5.41) is 0. The Bertz CT molecular complexity index is 173. The van der Waals surface area contributed by atoms with E-state index in [-0.39, 0.29) is 10.1 Å². The van der Waals surface area contributed by atoms with Gasteiger partial charge >= 0.3 is 6.13 Å². The second kappa shape index (κ2) is 8.15. The molecule has 0 aromatic rings. The van der Waals surface area contributed by atoms with E-state index >= 15 is 0 Å². The number of rotatable bonds is 6. The van der Waals surface area contributed by atoms with Gasteiger partial charge in [-0.15, -0.1) is 0 Å². The highest BCUT2D eigenvalue weighted by molar-refractivity contribution is 8.60. The van der Waals surface area contributed by atoms with Gasteiger partial charge in [0.15, 0.2) is 0 Å². The van der Waals surface area contributed by atoms with Crippen molar-refractivity contribution in [3.8, 4) is 0 Å². The Balaban J connectivity index is 3.99. The summed E-state index contributed by atoms with van der Waals surface area (Å²) in [4.78, 5) is 9.58. The Labute approximate surface area is 97.3 Å². The molecule has 4 heteroatoms. The third-order valence-corrected chi connectivity index (χ3v) is 8.53. The summed E-state index contributed by atoms with van der Waals surface area (Å²) < 4.78 is 0. The first-order valence-electron chi connectivity index (χ1n) is 5.29. The number of hydrogen-bond donors (Lipinski definition) is 2. The predicted octanol–water partition coefficient (Wildman–Crippen LogP) is 3.85. The third kappa shape index (κ3) is 8.28. The highest BCUT2D eigenvalue weighted by Crippen LogP contribution is 2.29. The summed E-state index contributed by atoms with van der Waals surface area (Å²) in [7, 11) is 0.167. The molecule has 0 spiro atoms. The maximum Gasteiger partial charge on any atom is 0.353 e. The van der Waals surface area contributed by atoms with Crippen molar-refractivity contribution in [3.05, 3.63) is 0 Å². The Kier molecular flexibility index (Phi) is 8.71. The molecule has 0 heterocycles. The first-order chi connectivity index (χ1) is 6.43. The summed E-state index contributed by atoms with van der Waals surface area (Å²) in [6.07, 6.45) is 1.44. The fourth-order valence-corrected chi connectivity index (χ4v) is 6.11. The molecule has 1 unspecified atom stereocenters. The van der Waals surface area contributed by atoms with E-state index < -0.39 is 6.13 Å². The molecule has 1 N–H and O–H groups in total. The molecule has 14 heavy (non-hydrogen) atoms. The molecule has 0 fully saturated rings. The first-order valence-corrected chi connectivity index (χ1v) is 9.90. The highest BCUT2D eigenvalue weighted by atomic mass is 32.9. The van der Waals surface area contributed by atoms with Crippen LogP contribution in [0.15, 0.2) is 0 Å². The normalized spacial score (nSPS) is 13.1. The molecule has 86 valence electrons. The van der Waals surface area contributed by atoms with Gasteiger partial charge in [0.05, 0.1) is 0 Å². The van der Waals surface area contributed by atoms with E-state index in [1.165, 1.54) is 12.8 Å². The van der Waals surface area contributed by atoms with Crippen molar-refractivity contribution in [3.63, 3.8) is 0 Å². The maximum atomic E-state index is 9.58. The van der Waals surface area contributed by atoms with Crippen molar-refractivity contribution < 1.29 is 4.89 Å². The smallest absolute Gasteiger partial charge is 0.178 e. The average molecular weight is 255 g/mol. The average Bonchev–Trinajstić information content (AvgIpc) is 2.02. The molecule has 1 atom stereocenters. The van der Waals surface area contributed by atoms with Crippen LogP contribution in [0.3, 0.4) is 0 Å². The van der Waals surface area contributed by atoms with Crippen molar-refractivity contribution >= 4 is 28.4 Å². The molecule has 0 aliphatic rings. The van der Waals surface area contributed by atoms with Crippen molar-refractivity contribution in [1.82, 2.24) is 0 Å². The number of hydrogen-bond acceptors (Lipinski definition) is 0. The first kappa shape index (κ1) is 15.0. The van der Waals surface area contributed by atoms with E-state index in [9.17, 15) is 4.89 Å². The molecule has 0 aromatic carbocycles. The van der Waals surface area contributed by atoms with Crippen LogP contribution in [0.4, 0.5) is 0 Å². The monoisotopic (exact) mass is 255 g/mol. The van der Waals surface area contributed by atoms with Gasteiger partial charge in [-0.2, -0.15) is 4.89 Å². The van der Waals surface area contributed by atoms with Crippen LogP contribution in [-0.2, 0) is 10.1 Å². The van der Waals surface area contributed by atoms with Gasteiger partial charge in [0.2, 0.25) is 0 Å². The quantitative estimate of drug-likeness (QED) is 0.546. The Morgan fingerprint density at radius 2 is 1.43 bits per heavy atom. The molecular weight excluding hydrogens is 231 g/mol. The van der Waals surface area contributed by atoms with Gasteiger partial charge in [-0.3, -0.25) is 0 Å². The lowest BCUT2D eigenvalue weighted by Gasteiger charge is -2.07. The molecule has 0 saturated heterocycles. The van der Waals surface area contributed by atoms with E-state index in [4.69, 9.17) is 0 Å². The lowest BCUT2D eigenvalue weighted by Crippen LogP contribution is -2.06. The van der Waals surface area contributed by atoms with Gasteiger partial charge in [0.1, 0.15) is 12.2 Å². The van der Waals surface area contributed by atoms with Crippen LogP contribution in [-0.4, -0.2) is 16.4 Å². The fraction of sp³-hybridized carbons (Fsp3) is 1.00.